The Labute approximate surface area is 117 Å². The van der Waals surface area contributed by atoms with E-state index in [1.54, 1.807) is 11.1 Å². The van der Waals surface area contributed by atoms with Crippen LogP contribution in [0, 0.1) is 0 Å². The fourth-order valence-corrected chi connectivity index (χ4v) is 3.79. The highest BCUT2D eigenvalue weighted by molar-refractivity contribution is 5.28. The van der Waals surface area contributed by atoms with Crippen LogP contribution in [-0.2, 0) is 0 Å². The number of nitrogens with one attached hydrogen (secondary N) is 1. The lowest BCUT2D eigenvalue weighted by Gasteiger charge is -2.24. The lowest BCUT2D eigenvalue weighted by Crippen LogP contribution is -2.28. The second-order valence-corrected chi connectivity index (χ2v) is 6.40. The third-order valence-corrected chi connectivity index (χ3v) is 5.03. The molecule has 19 heavy (non-hydrogen) atoms. The Morgan fingerprint density at radius 2 is 1.26 bits per heavy atom. The first kappa shape index (κ1) is 13.2. The third-order valence-electron chi connectivity index (χ3n) is 5.03. The first-order valence-electron chi connectivity index (χ1n) is 8.24. The van der Waals surface area contributed by atoms with Crippen molar-refractivity contribution in [3.8, 4) is 0 Å². The molecule has 1 nitrogen and oxygen atoms in total. The number of hydrogen-bond donors (Lipinski definition) is 1. The second kappa shape index (κ2) is 6.56. The number of benzene rings is 1. The van der Waals surface area contributed by atoms with Crippen molar-refractivity contribution < 1.29 is 0 Å². The summed E-state index contributed by atoms with van der Waals surface area (Å²) in [5, 5.41) is 3.52. The first-order chi connectivity index (χ1) is 9.43. The molecule has 1 aliphatic heterocycles. The van der Waals surface area contributed by atoms with Crippen molar-refractivity contribution in [1.29, 1.82) is 0 Å². The summed E-state index contributed by atoms with van der Waals surface area (Å²) in [5.41, 5.74) is 3.14. The minimum atomic E-state index is 0.747. The van der Waals surface area contributed by atoms with Gasteiger partial charge in [0.25, 0.3) is 0 Å². The third kappa shape index (κ3) is 3.39. The Hall–Kier alpha value is -0.820. The molecule has 3 rings (SSSR count). The average Bonchev–Trinajstić information content (AvgIpc) is 2.77. The molecule has 104 valence electrons. The van der Waals surface area contributed by atoms with Gasteiger partial charge in [-0.15, -0.1) is 0 Å². The molecular weight excluding hydrogens is 230 g/mol. The zero-order valence-corrected chi connectivity index (χ0v) is 12.0. The van der Waals surface area contributed by atoms with E-state index in [0.29, 0.717) is 0 Å². The highest BCUT2D eigenvalue weighted by Crippen LogP contribution is 2.32. The van der Waals surface area contributed by atoms with E-state index in [1.165, 1.54) is 64.5 Å². The number of hydrogen-bond acceptors (Lipinski definition) is 1. The SMILES string of the molecule is c1cc(C2CCCNC2)ccc1C1CCCCCC1. The summed E-state index contributed by atoms with van der Waals surface area (Å²) < 4.78 is 0. The average molecular weight is 257 g/mol. The van der Waals surface area contributed by atoms with E-state index < -0.39 is 0 Å². The molecule has 2 aliphatic rings. The van der Waals surface area contributed by atoms with Gasteiger partial charge in [-0.3, -0.25) is 0 Å². The van der Waals surface area contributed by atoms with Crippen LogP contribution in [0.3, 0.4) is 0 Å². The Bertz CT molecular complexity index is 367. The molecule has 0 amide bonds. The van der Waals surface area contributed by atoms with Gasteiger partial charge in [0.05, 0.1) is 0 Å². The van der Waals surface area contributed by atoms with Gasteiger partial charge in [0.15, 0.2) is 0 Å². The van der Waals surface area contributed by atoms with Crippen LogP contribution in [0.4, 0.5) is 0 Å². The molecule has 1 N–H and O–H groups in total. The standard InChI is InChI=1S/C18H27N/c1-2-4-7-15(6-3-1)16-9-11-17(12-10-16)18-8-5-13-19-14-18/h9-12,15,18-19H,1-8,13-14H2. The zero-order valence-electron chi connectivity index (χ0n) is 12.0. The molecule has 1 aromatic carbocycles. The lowest BCUT2D eigenvalue weighted by molar-refractivity contribution is 0.461. The van der Waals surface area contributed by atoms with Crippen LogP contribution in [0.25, 0.3) is 0 Å². The Morgan fingerprint density at radius 3 is 1.84 bits per heavy atom. The van der Waals surface area contributed by atoms with Gasteiger partial charge in [-0.2, -0.15) is 0 Å². The molecule has 1 aliphatic carbocycles. The summed E-state index contributed by atoms with van der Waals surface area (Å²) in [4.78, 5) is 0. The smallest absolute Gasteiger partial charge is 0.00201 e. The predicted molar refractivity (Wildman–Crippen MR) is 81.7 cm³/mol. The molecule has 1 aromatic rings. The molecule has 0 aromatic heterocycles. The summed E-state index contributed by atoms with van der Waals surface area (Å²) in [5.74, 6) is 1.58. The van der Waals surface area contributed by atoms with Crippen LogP contribution in [0.2, 0.25) is 0 Å². The van der Waals surface area contributed by atoms with Gasteiger partial charge in [0, 0.05) is 6.54 Å². The first-order valence-corrected chi connectivity index (χ1v) is 8.24. The Balaban J connectivity index is 1.67. The molecule has 1 saturated heterocycles. The fraction of sp³-hybridized carbons (Fsp3) is 0.667. The van der Waals surface area contributed by atoms with Gasteiger partial charge in [0.1, 0.15) is 0 Å². The maximum Gasteiger partial charge on any atom is 0.00201 e. The van der Waals surface area contributed by atoms with Crippen molar-refractivity contribution in [2.24, 2.45) is 0 Å². The Kier molecular flexibility index (Phi) is 4.55. The minimum absolute atomic E-state index is 0.747. The number of piperidine rings is 1. The zero-order chi connectivity index (χ0) is 12.9. The van der Waals surface area contributed by atoms with E-state index in [2.05, 4.69) is 29.6 Å². The largest absolute Gasteiger partial charge is 0.316 e. The van der Waals surface area contributed by atoms with E-state index >= 15 is 0 Å². The van der Waals surface area contributed by atoms with Crippen LogP contribution in [0.1, 0.15) is 74.3 Å². The van der Waals surface area contributed by atoms with Crippen molar-refractivity contribution in [2.75, 3.05) is 13.1 Å². The molecule has 1 atom stereocenters. The molecule has 0 radical (unpaired) electrons. The summed E-state index contributed by atoms with van der Waals surface area (Å²) in [6.07, 6.45) is 11.3. The van der Waals surface area contributed by atoms with Crippen LogP contribution >= 0.6 is 0 Å². The fourth-order valence-electron chi connectivity index (χ4n) is 3.79. The van der Waals surface area contributed by atoms with E-state index in [1.807, 2.05) is 0 Å². The molecule has 1 saturated carbocycles. The summed E-state index contributed by atoms with van der Waals surface area (Å²) >= 11 is 0. The van der Waals surface area contributed by atoms with Crippen molar-refractivity contribution >= 4 is 0 Å². The molecule has 1 heteroatoms. The maximum absolute atomic E-state index is 3.52. The summed E-state index contributed by atoms with van der Waals surface area (Å²) in [6.45, 7) is 2.37. The van der Waals surface area contributed by atoms with Gasteiger partial charge in [0.2, 0.25) is 0 Å². The Morgan fingerprint density at radius 1 is 0.684 bits per heavy atom. The highest BCUT2D eigenvalue weighted by Gasteiger charge is 2.17. The summed E-state index contributed by atoms with van der Waals surface area (Å²) in [7, 11) is 0. The van der Waals surface area contributed by atoms with Crippen LogP contribution in [0.15, 0.2) is 24.3 Å². The molecule has 1 unspecified atom stereocenters. The molecular formula is C18H27N. The second-order valence-electron chi connectivity index (χ2n) is 6.40. The van der Waals surface area contributed by atoms with Gasteiger partial charge >= 0.3 is 0 Å². The van der Waals surface area contributed by atoms with E-state index in [9.17, 15) is 0 Å². The molecule has 2 fully saturated rings. The topological polar surface area (TPSA) is 12.0 Å². The molecule has 1 heterocycles. The molecule has 0 bridgehead atoms. The van der Waals surface area contributed by atoms with E-state index in [-0.39, 0.29) is 0 Å². The van der Waals surface area contributed by atoms with Crippen molar-refractivity contribution in [2.45, 2.75) is 63.2 Å². The monoisotopic (exact) mass is 257 g/mol. The minimum Gasteiger partial charge on any atom is -0.316 e. The highest BCUT2D eigenvalue weighted by atomic mass is 14.9. The van der Waals surface area contributed by atoms with Gasteiger partial charge in [-0.05, 0) is 55.2 Å². The lowest BCUT2D eigenvalue weighted by atomic mass is 9.87. The quantitative estimate of drug-likeness (QED) is 0.764. The van der Waals surface area contributed by atoms with E-state index in [0.717, 1.165) is 11.8 Å². The number of rotatable bonds is 2. The molecule has 0 spiro atoms. The normalized spacial score (nSPS) is 26.0. The van der Waals surface area contributed by atoms with Crippen molar-refractivity contribution in [1.82, 2.24) is 5.32 Å². The van der Waals surface area contributed by atoms with E-state index in [4.69, 9.17) is 0 Å². The maximum atomic E-state index is 3.52. The van der Waals surface area contributed by atoms with Gasteiger partial charge in [-0.25, -0.2) is 0 Å². The van der Waals surface area contributed by atoms with Crippen molar-refractivity contribution in [3.63, 3.8) is 0 Å². The van der Waals surface area contributed by atoms with Gasteiger partial charge in [-0.1, -0.05) is 49.9 Å². The van der Waals surface area contributed by atoms with Crippen LogP contribution in [-0.4, -0.2) is 13.1 Å². The van der Waals surface area contributed by atoms with Gasteiger partial charge < -0.3 is 5.32 Å². The predicted octanol–water partition coefficient (Wildman–Crippen LogP) is 4.59. The van der Waals surface area contributed by atoms with Crippen molar-refractivity contribution in [3.05, 3.63) is 35.4 Å². The summed E-state index contributed by atoms with van der Waals surface area (Å²) in [6, 6.07) is 9.63. The van der Waals surface area contributed by atoms with Crippen LogP contribution < -0.4 is 5.32 Å². The van der Waals surface area contributed by atoms with Crippen LogP contribution in [0.5, 0.6) is 0 Å².